The molecule has 21 heavy (non-hydrogen) atoms. The normalized spacial score (nSPS) is 15.4. The first kappa shape index (κ1) is 12.4. The van der Waals surface area contributed by atoms with Crippen molar-refractivity contribution in [1.29, 1.82) is 0 Å². The zero-order valence-corrected chi connectivity index (χ0v) is 11.8. The molecule has 0 radical (unpaired) electrons. The van der Waals surface area contributed by atoms with E-state index in [4.69, 9.17) is 0 Å². The smallest absolute Gasteiger partial charge is 0.138 e. The van der Waals surface area contributed by atoms with Crippen molar-refractivity contribution in [3.05, 3.63) is 48.2 Å². The van der Waals surface area contributed by atoms with E-state index in [9.17, 15) is 4.39 Å². The summed E-state index contributed by atoms with van der Waals surface area (Å²) in [4.78, 5) is 9.94. The number of aromatic amines is 1. The maximum absolute atomic E-state index is 13.2. The van der Waals surface area contributed by atoms with Crippen LogP contribution in [0.1, 0.15) is 5.56 Å². The number of benzene rings is 1. The molecule has 0 saturated carbocycles. The van der Waals surface area contributed by atoms with Crippen LogP contribution in [0.15, 0.2) is 42.6 Å². The Labute approximate surface area is 122 Å². The Kier molecular flexibility index (Phi) is 2.70. The molecule has 0 amide bonds. The monoisotopic (exact) mass is 281 g/mol. The number of aryl methyl sites for hydroxylation is 1. The number of fused-ring (bicyclic) bond motifs is 1. The molecule has 4 heteroatoms. The predicted molar refractivity (Wildman–Crippen MR) is 83.4 cm³/mol. The van der Waals surface area contributed by atoms with Crippen LogP contribution >= 0.6 is 0 Å². The fourth-order valence-electron chi connectivity index (χ4n) is 2.83. The van der Waals surface area contributed by atoms with Crippen molar-refractivity contribution in [2.45, 2.75) is 13.1 Å². The van der Waals surface area contributed by atoms with E-state index >= 15 is 0 Å². The fourth-order valence-corrected chi connectivity index (χ4v) is 2.83. The Hall–Kier alpha value is -2.36. The van der Waals surface area contributed by atoms with Gasteiger partial charge in [-0.15, -0.1) is 0 Å². The number of H-pyrrole nitrogens is 1. The number of halogens is 1. The van der Waals surface area contributed by atoms with Gasteiger partial charge in [0.1, 0.15) is 12.0 Å². The quantitative estimate of drug-likeness (QED) is 0.776. The van der Waals surface area contributed by atoms with Crippen molar-refractivity contribution in [2.24, 2.45) is 0 Å². The van der Waals surface area contributed by atoms with Gasteiger partial charge in [-0.25, -0.2) is 9.37 Å². The topological polar surface area (TPSA) is 31.9 Å². The van der Waals surface area contributed by atoms with Gasteiger partial charge < -0.3 is 9.88 Å². The molecule has 1 aliphatic heterocycles. The fraction of sp³-hybridized carbons (Fsp3) is 0.235. The minimum absolute atomic E-state index is 0.434. The Balaban J connectivity index is 1.84. The molecule has 1 aromatic carbocycles. The first-order valence-electron chi connectivity index (χ1n) is 7.14. The second-order valence-corrected chi connectivity index (χ2v) is 5.66. The zero-order valence-electron chi connectivity index (χ0n) is 11.8. The Bertz CT molecular complexity index is 770. The number of rotatable bonds is 2. The van der Waals surface area contributed by atoms with Gasteiger partial charge in [0, 0.05) is 22.7 Å². The third-order valence-electron chi connectivity index (χ3n) is 3.96. The van der Waals surface area contributed by atoms with Crippen LogP contribution < -0.4 is 4.90 Å². The lowest BCUT2D eigenvalue weighted by Gasteiger charge is -2.36. The summed E-state index contributed by atoms with van der Waals surface area (Å²) in [5, 5.41) is 1.17. The Morgan fingerprint density at radius 2 is 2.05 bits per heavy atom. The van der Waals surface area contributed by atoms with Gasteiger partial charge in [0.15, 0.2) is 0 Å². The molecule has 0 atom stereocenters. The van der Waals surface area contributed by atoms with Gasteiger partial charge in [-0.2, -0.15) is 0 Å². The van der Waals surface area contributed by atoms with Crippen molar-refractivity contribution in [2.75, 3.05) is 18.0 Å². The number of hydrogen-bond donors (Lipinski definition) is 1. The van der Waals surface area contributed by atoms with E-state index in [0.29, 0.717) is 13.1 Å². The van der Waals surface area contributed by atoms with Gasteiger partial charge in [-0.05, 0) is 30.7 Å². The van der Waals surface area contributed by atoms with Crippen molar-refractivity contribution in [3.8, 4) is 11.3 Å². The maximum atomic E-state index is 13.2. The van der Waals surface area contributed by atoms with Gasteiger partial charge in [-0.3, -0.25) is 0 Å². The molecule has 3 aromatic rings. The summed E-state index contributed by atoms with van der Waals surface area (Å²) >= 11 is 0. The number of para-hydroxylation sites is 1. The van der Waals surface area contributed by atoms with Crippen LogP contribution in [0.3, 0.4) is 0 Å². The first-order valence-corrected chi connectivity index (χ1v) is 7.14. The summed E-state index contributed by atoms with van der Waals surface area (Å²) in [6.07, 6.45) is 1.11. The van der Waals surface area contributed by atoms with Crippen LogP contribution in [-0.4, -0.2) is 29.2 Å². The number of hydrogen-bond acceptors (Lipinski definition) is 2. The molecule has 0 unspecified atom stereocenters. The van der Waals surface area contributed by atoms with E-state index in [1.165, 1.54) is 5.39 Å². The molecule has 1 N–H and O–H groups in total. The van der Waals surface area contributed by atoms with Gasteiger partial charge in [-0.1, -0.05) is 18.2 Å². The number of pyridine rings is 1. The molecular weight excluding hydrogens is 265 g/mol. The average molecular weight is 281 g/mol. The number of aromatic nitrogens is 2. The molecule has 0 bridgehead atoms. The van der Waals surface area contributed by atoms with E-state index in [-0.39, 0.29) is 0 Å². The third kappa shape index (κ3) is 2.07. The number of nitrogens with one attached hydrogen (secondary N) is 1. The number of anilines is 1. The number of nitrogens with zero attached hydrogens (tertiary/aromatic N) is 2. The van der Waals surface area contributed by atoms with Crippen LogP contribution in [0.25, 0.3) is 22.2 Å². The summed E-state index contributed by atoms with van der Waals surface area (Å²) < 4.78 is 13.2. The minimum Gasteiger partial charge on any atom is -0.354 e. The van der Waals surface area contributed by atoms with Crippen molar-refractivity contribution >= 4 is 16.7 Å². The largest absolute Gasteiger partial charge is 0.354 e. The van der Waals surface area contributed by atoms with Gasteiger partial charge in [0.05, 0.1) is 18.8 Å². The second-order valence-electron chi connectivity index (χ2n) is 5.66. The summed E-state index contributed by atoms with van der Waals surface area (Å²) in [5.74, 6) is 0.862. The van der Waals surface area contributed by atoms with Gasteiger partial charge >= 0.3 is 0 Å². The molecule has 0 aliphatic carbocycles. The molecule has 2 aromatic heterocycles. The van der Waals surface area contributed by atoms with Crippen molar-refractivity contribution in [3.63, 3.8) is 0 Å². The highest BCUT2D eigenvalue weighted by molar-refractivity contribution is 5.88. The van der Waals surface area contributed by atoms with E-state index in [0.717, 1.165) is 28.2 Å². The van der Waals surface area contributed by atoms with E-state index in [1.807, 2.05) is 30.2 Å². The molecule has 3 heterocycles. The highest BCUT2D eigenvalue weighted by atomic mass is 19.1. The minimum atomic E-state index is -0.733. The van der Waals surface area contributed by atoms with Crippen LogP contribution in [0.5, 0.6) is 0 Å². The Morgan fingerprint density at radius 3 is 2.81 bits per heavy atom. The molecule has 106 valence electrons. The molecule has 3 nitrogen and oxygen atoms in total. The average Bonchev–Trinajstić information content (AvgIpc) is 2.88. The van der Waals surface area contributed by atoms with Crippen LogP contribution in [0.4, 0.5) is 10.2 Å². The van der Waals surface area contributed by atoms with Crippen LogP contribution in [0.2, 0.25) is 0 Å². The van der Waals surface area contributed by atoms with Crippen molar-refractivity contribution in [1.82, 2.24) is 9.97 Å². The second kappa shape index (κ2) is 4.58. The van der Waals surface area contributed by atoms with Crippen LogP contribution in [-0.2, 0) is 0 Å². The van der Waals surface area contributed by atoms with Gasteiger partial charge in [0.25, 0.3) is 0 Å². The summed E-state index contributed by atoms with van der Waals surface area (Å²) in [7, 11) is 0. The van der Waals surface area contributed by atoms with Gasteiger partial charge in [0.2, 0.25) is 0 Å². The molecule has 0 spiro atoms. The van der Waals surface area contributed by atoms with E-state index in [1.54, 1.807) is 0 Å². The SMILES string of the molecule is Cc1cnc(N2CC(F)C2)c(-c2cc3ccccc3[nH]2)c1. The Morgan fingerprint density at radius 1 is 1.24 bits per heavy atom. The molecule has 1 saturated heterocycles. The lowest BCUT2D eigenvalue weighted by Crippen LogP contribution is -2.49. The van der Waals surface area contributed by atoms with E-state index in [2.05, 4.69) is 34.2 Å². The lowest BCUT2D eigenvalue weighted by atomic mass is 10.1. The summed E-state index contributed by atoms with van der Waals surface area (Å²) in [5.41, 5.74) is 4.28. The molecular formula is C17H16FN3. The van der Waals surface area contributed by atoms with Crippen LogP contribution in [0, 0.1) is 6.92 Å². The highest BCUT2D eigenvalue weighted by Crippen LogP contribution is 2.33. The first-order chi connectivity index (χ1) is 10.2. The summed E-state index contributed by atoms with van der Waals surface area (Å²) in [6, 6.07) is 12.4. The standard InChI is InChI=1S/C17H16FN3/c1-11-6-14(17(19-8-11)21-9-13(18)10-21)16-7-12-4-2-3-5-15(12)20-16/h2-8,13,20H,9-10H2,1H3. The highest BCUT2D eigenvalue weighted by Gasteiger charge is 2.29. The molecule has 1 fully saturated rings. The maximum Gasteiger partial charge on any atom is 0.138 e. The molecule has 4 rings (SSSR count). The lowest BCUT2D eigenvalue weighted by molar-refractivity contribution is 0.273. The zero-order chi connectivity index (χ0) is 14.4. The van der Waals surface area contributed by atoms with E-state index < -0.39 is 6.17 Å². The van der Waals surface area contributed by atoms with Crippen molar-refractivity contribution < 1.29 is 4.39 Å². The predicted octanol–water partition coefficient (Wildman–Crippen LogP) is 3.70. The summed E-state index contributed by atoms with van der Waals surface area (Å²) in [6.45, 7) is 2.89. The third-order valence-corrected chi connectivity index (χ3v) is 3.96. The number of alkyl halides is 1. The molecule has 1 aliphatic rings.